The van der Waals surface area contributed by atoms with E-state index in [9.17, 15) is 14.9 Å². The summed E-state index contributed by atoms with van der Waals surface area (Å²) in [6.07, 6.45) is 0.998. The normalized spacial score (nSPS) is 16.3. The molecule has 0 aliphatic carbocycles. The van der Waals surface area contributed by atoms with Gasteiger partial charge in [-0.05, 0) is 44.9 Å². The van der Waals surface area contributed by atoms with Crippen molar-refractivity contribution in [3.8, 4) is 0 Å². The van der Waals surface area contributed by atoms with Gasteiger partial charge in [-0.1, -0.05) is 12.1 Å². The van der Waals surface area contributed by atoms with E-state index in [-0.39, 0.29) is 11.6 Å². The Hall–Kier alpha value is -2.74. The summed E-state index contributed by atoms with van der Waals surface area (Å²) >= 11 is 0. The number of benzene rings is 1. The lowest BCUT2D eigenvalue weighted by molar-refractivity contribution is -0.386. The van der Waals surface area contributed by atoms with Crippen LogP contribution in [0.25, 0.3) is 0 Å². The second-order valence-electron chi connectivity index (χ2n) is 7.20. The van der Waals surface area contributed by atoms with Gasteiger partial charge >= 0.3 is 5.69 Å². The topological polar surface area (TPSA) is 90.5 Å². The number of nitro groups is 1. The molecular weight excluding hydrogens is 360 g/mol. The van der Waals surface area contributed by atoms with Crippen molar-refractivity contribution < 1.29 is 14.5 Å². The lowest BCUT2D eigenvalue weighted by Gasteiger charge is -2.24. The Balaban J connectivity index is 1.70. The van der Waals surface area contributed by atoms with E-state index in [1.807, 2.05) is 36.1 Å². The summed E-state index contributed by atoms with van der Waals surface area (Å²) in [5.41, 5.74) is 2.57. The van der Waals surface area contributed by atoms with Crippen LogP contribution in [0.1, 0.15) is 40.7 Å². The third kappa shape index (κ3) is 4.22. The van der Waals surface area contributed by atoms with Crippen molar-refractivity contribution in [1.29, 1.82) is 0 Å². The van der Waals surface area contributed by atoms with Crippen LogP contribution in [-0.2, 0) is 11.3 Å². The van der Waals surface area contributed by atoms with Crippen LogP contribution in [0.15, 0.2) is 24.3 Å². The molecule has 0 N–H and O–H groups in total. The third-order valence-electron chi connectivity index (χ3n) is 5.23. The second-order valence-corrected chi connectivity index (χ2v) is 7.20. The zero-order valence-electron chi connectivity index (χ0n) is 16.6. The summed E-state index contributed by atoms with van der Waals surface area (Å²) in [6, 6.07) is 7.38. The summed E-state index contributed by atoms with van der Waals surface area (Å²) in [5.74, 6) is 0.424. The average molecular weight is 386 g/mol. The standard InChI is InChI=1S/C20H26N4O4/c1-4-22(11-17-9-10-28-13-17)20(25)18-7-5-16(6-8-18)12-23-15(3)19(24(26)27)14(2)21-23/h5-8,17H,4,9-13H2,1-3H3. The SMILES string of the molecule is CCN(CC1CCOC1)C(=O)c1ccc(Cn2nc(C)c([N+](=O)[O-])c2C)cc1. The number of aromatic nitrogens is 2. The Morgan fingerprint density at radius 2 is 2.07 bits per heavy atom. The van der Waals surface area contributed by atoms with Gasteiger partial charge in [-0.25, -0.2) is 0 Å². The van der Waals surface area contributed by atoms with Crippen LogP contribution in [-0.4, -0.2) is 51.8 Å². The van der Waals surface area contributed by atoms with Crippen LogP contribution in [0.4, 0.5) is 5.69 Å². The van der Waals surface area contributed by atoms with Crippen LogP contribution in [0.2, 0.25) is 0 Å². The molecule has 28 heavy (non-hydrogen) atoms. The fraction of sp³-hybridized carbons (Fsp3) is 0.500. The first-order chi connectivity index (χ1) is 13.4. The molecule has 150 valence electrons. The molecule has 3 rings (SSSR count). The van der Waals surface area contributed by atoms with Gasteiger partial charge in [0.15, 0.2) is 0 Å². The van der Waals surface area contributed by atoms with Crippen LogP contribution in [0.3, 0.4) is 0 Å². The maximum Gasteiger partial charge on any atom is 0.312 e. The largest absolute Gasteiger partial charge is 0.381 e. The van der Waals surface area contributed by atoms with Crippen molar-refractivity contribution in [2.24, 2.45) is 5.92 Å². The van der Waals surface area contributed by atoms with Crippen LogP contribution in [0.5, 0.6) is 0 Å². The van der Waals surface area contributed by atoms with E-state index in [1.165, 1.54) is 0 Å². The van der Waals surface area contributed by atoms with Crippen molar-refractivity contribution in [2.75, 3.05) is 26.3 Å². The first-order valence-electron chi connectivity index (χ1n) is 9.55. The number of amides is 1. The highest BCUT2D eigenvalue weighted by molar-refractivity contribution is 5.94. The lowest BCUT2D eigenvalue weighted by atomic mass is 10.1. The molecule has 1 atom stereocenters. The number of ether oxygens (including phenoxy) is 1. The fourth-order valence-electron chi connectivity index (χ4n) is 3.61. The predicted molar refractivity (Wildman–Crippen MR) is 104 cm³/mol. The summed E-state index contributed by atoms with van der Waals surface area (Å²) in [5, 5.41) is 15.4. The maximum absolute atomic E-state index is 12.8. The predicted octanol–water partition coefficient (Wildman–Crippen LogP) is 2.96. The van der Waals surface area contributed by atoms with Gasteiger partial charge < -0.3 is 9.64 Å². The zero-order valence-corrected chi connectivity index (χ0v) is 16.6. The van der Waals surface area contributed by atoms with Gasteiger partial charge in [0.1, 0.15) is 11.4 Å². The first-order valence-corrected chi connectivity index (χ1v) is 9.55. The zero-order chi connectivity index (χ0) is 20.3. The second kappa shape index (κ2) is 8.52. The number of carbonyl (C=O) groups excluding carboxylic acids is 1. The Morgan fingerprint density at radius 3 is 2.61 bits per heavy atom. The molecule has 1 amide bonds. The van der Waals surface area contributed by atoms with Gasteiger partial charge in [-0.15, -0.1) is 0 Å². The molecule has 1 aromatic carbocycles. The molecule has 0 bridgehead atoms. The van der Waals surface area contributed by atoms with E-state index in [2.05, 4.69) is 5.10 Å². The summed E-state index contributed by atoms with van der Waals surface area (Å²) in [6.45, 7) is 8.61. The Bertz CT molecular complexity index is 854. The van der Waals surface area contributed by atoms with Crippen LogP contribution >= 0.6 is 0 Å². The molecule has 1 aromatic heterocycles. The third-order valence-corrected chi connectivity index (χ3v) is 5.23. The Labute approximate surface area is 164 Å². The molecule has 0 radical (unpaired) electrons. The molecular formula is C20H26N4O4. The molecule has 1 saturated heterocycles. The quantitative estimate of drug-likeness (QED) is 0.539. The number of hydrogen-bond donors (Lipinski definition) is 0. The van der Waals surface area contributed by atoms with Gasteiger partial charge in [-0.2, -0.15) is 5.10 Å². The minimum absolute atomic E-state index is 0.0164. The highest BCUT2D eigenvalue weighted by atomic mass is 16.6. The van der Waals surface area contributed by atoms with Gasteiger partial charge in [-0.3, -0.25) is 19.6 Å². The van der Waals surface area contributed by atoms with Gasteiger partial charge in [0.25, 0.3) is 5.91 Å². The van der Waals surface area contributed by atoms with Crippen LogP contribution < -0.4 is 0 Å². The fourth-order valence-corrected chi connectivity index (χ4v) is 3.61. The van der Waals surface area contributed by atoms with E-state index in [0.717, 1.165) is 25.2 Å². The molecule has 0 saturated carbocycles. The minimum atomic E-state index is -0.398. The van der Waals surface area contributed by atoms with Gasteiger partial charge in [0.05, 0.1) is 18.1 Å². The number of aryl methyl sites for hydroxylation is 1. The van der Waals surface area contributed by atoms with E-state index in [1.54, 1.807) is 18.5 Å². The highest BCUT2D eigenvalue weighted by Crippen LogP contribution is 2.23. The minimum Gasteiger partial charge on any atom is -0.381 e. The lowest BCUT2D eigenvalue weighted by Crippen LogP contribution is -2.35. The average Bonchev–Trinajstić information content (AvgIpc) is 3.27. The monoisotopic (exact) mass is 386 g/mol. The van der Waals surface area contributed by atoms with E-state index >= 15 is 0 Å². The molecule has 1 aliphatic rings. The number of nitrogens with zero attached hydrogens (tertiary/aromatic N) is 4. The van der Waals surface area contributed by atoms with E-state index in [4.69, 9.17) is 4.74 Å². The number of carbonyl (C=O) groups is 1. The molecule has 1 aliphatic heterocycles. The first kappa shape index (κ1) is 20.0. The molecule has 0 spiro atoms. The van der Waals surface area contributed by atoms with Gasteiger partial charge in [0.2, 0.25) is 0 Å². The van der Waals surface area contributed by atoms with Crippen molar-refractivity contribution >= 4 is 11.6 Å². The molecule has 2 aromatic rings. The van der Waals surface area contributed by atoms with Gasteiger partial charge in [0, 0.05) is 31.2 Å². The van der Waals surface area contributed by atoms with E-state index < -0.39 is 4.92 Å². The maximum atomic E-state index is 12.8. The van der Waals surface area contributed by atoms with E-state index in [0.29, 0.717) is 42.5 Å². The molecule has 1 fully saturated rings. The molecule has 1 unspecified atom stereocenters. The van der Waals surface area contributed by atoms with Crippen molar-refractivity contribution in [2.45, 2.75) is 33.7 Å². The molecule has 8 heteroatoms. The Kier molecular flexibility index (Phi) is 6.08. The van der Waals surface area contributed by atoms with Crippen molar-refractivity contribution in [3.63, 3.8) is 0 Å². The summed E-state index contributed by atoms with van der Waals surface area (Å²) < 4.78 is 7.03. The highest BCUT2D eigenvalue weighted by Gasteiger charge is 2.23. The summed E-state index contributed by atoms with van der Waals surface area (Å²) in [4.78, 5) is 25.4. The molecule has 8 nitrogen and oxygen atoms in total. The number of rotatable bonds is 7. The smallest absolute Gasteiger partial charge is 0.312 e. The van der Waals surface area contributed by atoms with Crippen molar-refractivity contribution in [1.82, 2.24) is 14.7 Å². The molecule has 2 heterocycles. The van der Waals surface area contributed by atoms with Crippen molar-refractivity contribution in [3.05, 3.63) is 56.9 Å². The van der Waals surface area contributed by atoms with Crippen LogP contribution in [0, 0.1) is 29.9 Å². The summed E-state index contributed by atoms with van der Waals surface area (Å²) in [7, 11) is 0. The number of hydrogen-bond acceptors (Lipinski definition) is 5. The Morgan fingerprint density at radius 1 is 1.36 bits per heavy atom.